The maximum absolute atomic E-state index is 12.3. The van der Waals surface area contributed by atoms with Gasteiger partial charge in [0.2, 0.25) is 5.76 Å². The molecule has 0 aliphatic heterocycles. The highest BCUT2D eigenvalue weighted by molar-refractivity contribution is 7.22. The summed E-state index contributed by atoms with van der Waals surface area (Å²) in [5.74, 6) is -1.04. The lowest BCUT2D eigenvalue weighted by atomic mass is 10.2. The van der Waals surface area contributed by atoms with Crippen molar-refractivity contribution in [1.82, 2.24) is 10.1 Å². The van der Waals surface area contributed by atoms with Gasteiger partial charge in [-0.05, 0) is 36.8 Å². The zero-order valence-electron chi connectivity index (χ0n) is 14.2. The van der Waals surface area contributed by atoms with Crippen molar-refractivity contribution in [2.45, 2.75) is 6.92 Å². The fourth-order valence-electron chi connectivity index (χ4n) is 2.49. The summed E-state index contributed by atoms with van der Waals surface area (Å²) in [4.78, 5) is 28.9. The summed E-state index contributed by atoms with van der Waals surface area (Å²) >= 11 is 1.35. The Morgan fingerprint density at radius 1 is 1.00 bits per heavy atom. The zero-order chi connectivity index (χ0) is 18.8. The molecule has 0 saturated carbocycles. The average molecular weight is 378 g/mol. The molecule has 2 aromatic carbocycles. The van der Waals surface area contributed by atoms with E-state index in [-0.39, 0.29) is 11.5 Å². The summed E-state index contributed by atoms with van der Waals surface area (Å²) < 4.78 is 5.97. The van der Waals surface area contributed by atoms with Crippen LogP contribution >= 0.6 is 11.3 Å². The van der Waals surface area contributed by atoms with Crippen molar-refractivity contribution in [3.05, 3.63) is 71.6 Å². The SMILES string of the molecule is Cc1cccc(NC(=O)c2cc(C(=O)Nc3nc4ccccc4s3)on2)c1. The number of para-hydroxylation sites is 1. The molecule has 0 radical (unpaired) electrons. The molecule has 2 heterocycles. The summed E-state index contributed by atoms with van der Waals surface area (Å²) in [6.07, 6.45) is 0. The third kappa shape index (κ3) is 3.70. The molecule has 0 aliphatic carbocycles. The Hall–Kier alpha value is -3.52. The molecular formula is C19H14N4O3S. The highest BCUT2D eigenvalue weighted by atomic mass is 32.1. The van der Waals surface area contributed by atoms with Crippen LogP contribution in [0.4, 0.5) is 10.8 Å². The van der Waals surface area contributed by atoms with Gasteiger partial charge in [0, 0.05) is 11.8 Å². The largest absolute Gasteiger partial charge is 0.350 e. The molecule has 2 aromatic heterocycles. The van der Waals surface area contributed by atoms with Crippen molar-refractivity contribution in [2.24, 2.45) is 0 Å². The summed E-state index contributed by atoms with van der Waals surface area (Å²) in [5, 5.41) is 9.50. The van der Waals surface area contributed by atoms with Crippen molar-refractivity contribution >= 4 is 44.2 Å². The van der Waals surface area contributed by atoms with Crippen molar-refractivity contribution in [1.29, 1.82) is 0 Å². The van der Waals surface area contributed by atoms with Gasteiger partial charge in [0.15, 0.2) is 10.8 Å². The lowest BCUT2D eigenvalue weighted by Crippen LogP contribution is -2.13. The van der Waals surface area contributed by atoms with Gasteiger partial charge in [-0.15, -0.1) is 0 Å². The number of amides is 2. The van der Waals surface area contributed by atoms with E-state index < -0.39 is 11.8 Å². The molecule has 8 heteroatoms. The highest BCUT2D eigenvalue weighted by Gasteiger charge is 2.19. The molecule has 2 amide bonds. The van der Waals surface area contributed by atoms with E-state index in [2.05, 4.69) is 20.8 Å². The molecule has 0 aliphatic rings. The van der Waals surface area contributed by atoms with E-state index >= 15 is 0 Å². The van der Waals surface area contributed by atoms with E-state index in [1.54, 1.807) is 6.07 Å². The molecule has 7 nitrogen and oxygen atoms in total. The van der Waals surface area contributed by atoms with Gasteiger partial charge in [0.05, 0.1) is 10.2 Å². The first-order valence-corrected chi connectivity index (χ1v) is 8.92. The van der Waals surface area contributed by atoms with E-state index in [0.717, 1.165) is 15.8 Å². The molecule has 0 spiro atoms. The Labute approximate surface area is 158 Å². The summed E-state index contributed by atoms with van der Waals surface area (Å²) in [6, 6.07) is 16.2. The van der Waals surface area contributed by atoms with Gasteiger partial charge in [-0.3, -0.25) is 14.9 Å². The van der Waals surface area contributed by atoms with Crippen LogP contribution in [0.1, 0.15) is 26.6 Å². The van der Waals surface area contributed by atoms with Gasteiger partial charge in [0.25, 0.3) is 11.8 Å². The standard InChI is InChI=1S/C19H14N4O3S/c1-11-5-4-6-12(9-11)20-17(24)14-10-15(26-23-14)18(25)22-19-21-13-7-2-3-8-16(13)27-19/h2-10H,1H3,(H,20,24)(H,21,22,25). The maximum atomic E-state index is 12.3. The van der Waals surface area contributed by atoms with Gasteiger partial charge in [0.1, 0.15) is 0 Å². The summed E-state index contributed by atoms with van der Waals surface area (Å²) in [5.41, 5.74) is 2.48. The quantitative estimate of drug-likeness (QED) is 0.557. The molecule has 0 bridgehead atoms. The number of aromatic nitrogens is 2. The van der Waals surface area contributed by atoms with E-state index in [0.29, 0.717) is 10.8 Å². The number of nitrogens with zero attached hydrogens (tertiary/aromatic N) is 2. The van der Waals surface area contributed by atoms with Crippen LogP contribution in [0.25, 0.3) is 10.2 Å². The molecule has 4 rings (SSSR count). The topological polar surface area (TPSA) is 97.1 Å². The first-order chi connectivity index (χ1) is 13.1. The maximum Gasteiger partial charge on any atom is 0.296 e. The second-order valence-electron chi connectivity index (χ2n) is 5.84. The number of carbonyl (C=O) groups excluding carboxylic acids is 2. The number of benzene rings is 2. The zero-order valence-corrected chi connectivity index (χ0v) is 15.0. The van der Waals surface area contributed by atoms with Crippen LogP contribution in [0.2, 0.25) is 0 Å². The monoisotopic (exact) mass is 378 g/mol. The Morgan fingerprint density at radius 3 is 2.67 bits per heavy atom. The lowest BCUT2D eigenvalue weighted by Gasteiger charge is -2.03. The van der Waals surface area contributed by atoms with E-state index in [9.17, 15) is 9.59 Å². The average Bonchev–Trinajstić information content (AvgIpc) is 3.28. The predicted octanol–water partition coefficient (Wildman–Crippen LogP) is 4.10. The third-order valence-electron chi connectivity index (χ3n) is 3.76. The fraction of sp³-hybridized carbons (Fsp3) is 0.0526. The minimum atomic E-state index is -0.517. The highest BCUT2D eigenvalue weighted by Crippen LogP contribution is 2.25. The number of nitrogens with one attached hydrogen (secondary N) is 2. The smallest absolute Gasteiger partial charge is 0.296 e. The van der Waals surface area contributed by atoms with Crippen LogP contribution < -0.4 is 10.6 Å². The second kappa shape index (κ2) is 7.00. The van der Waals surface area contributed by atoms with E-state index in [4.69, 9.17) is 4.52 Å². The normalized spacial score (nSPS) is 10.7. The van der Waals surface area contributed by atoms with Crippen molar-refractivity contribution in [2.75, 3.05) is 10.6 Å². The second-order valence-corrected chi connectivity index (χ2v) is 6.87. The number of anilines is 2. The third-order valence-corrected chi connectivity index (χ3v) is 4.71. The van der Waals surface area contributed by atoms with E-state index in [1.165, 1.54) is 17.4 Å². The predicted molar refractivity (Wildman–Crippen MR) is 103 cm³/mol. The summed E-state index contributed by atoms with van der Waals surface area (Å²) in [6.45, 7) is 1.93. The number of hydrogen-bond acceptors (Lipinski definition) is 6. The molecule has 0 fully saturated rings. The number of hydrogen-bond donors (Lipinski definition) is 2. The molecule has 2 N–H and O–H groups in total. The minimum Gasteiger partial charge on any atom is -0.350 e. The Bertz CT molecular complexity index is 1120. The van der Waals surface area contributed by atoms with Gasteiger partial charge in [-0.2, -0.15) is 0 Å². The minimum absolute atomic E-state index is 0.0194. The summed E-state index contributed by atoms with van der Waals surface area (Å²) in [7, 11) is 0. The number of fused-ring (bicyclic) bond motifs is 1. The first-order valence-electron chi connectivity index (χ1n) is 8.10. The number of rotatable bonds is 4. The molecule has 0 saturated heterocycles. The molecule has 134 valence electrons. The molecule has 4 aromatic rings. The van der Waals surface area contributed by atoms with Crippen LogP contribution in [-0.2, 0) is 0 Å². The molecule has 0 unspecified atom stereocenters. The van der Waals surface area contributed by atoms with Crippen LogP contribution in [0.5, 0.6) is 0 Å². The van der Waals surface area contributed by atoms with Gasteiger partial charge in [-0.25, -0.2) is 4.98 Å². The molecule has 27 heavy (non-hydrogen) atoms. The lowest BCUT2D eigenvalue weighted by molar-refractivity contribution is 0.0980. The Balaban J connectivity index is 1.46. The van der Waals surface area contributed by atoms with Gasteiger partial charge in [-0.1, -0.05) is 40.8 Å². The van der Waals surface area contributed by atoms with Crippen molar-refractivity contribution < 1.29 is 14.1 Å². The number of carbonyl (C=O) groups is 2. The van der Waals surface area contributed by atoms with Crippen LogP contribution in [0.3, 0.4) is 0 Å². The fourth-order valence-corrected chi connectivity index (χ4v) is 3.35. The van der Waals surface area contributed by atoms with E-state index in [1.807, 2.05) is 49.4 Å². The van der Waals surface area contributed by atoms with Crippen molar-refractivity contribution in [3.8, 4) is 0 Å². The molecular weight excluding hydrogens is 364 g/mol. The van der Waals surface area contributed by atoms with Crippen LogP contribution in [-0.4, -0.2) is 22.0 Å². The van der Waals surface area contributed by atoms with Gasteiger partial charge >= 0.3 is 0 Å². The first kappa shape index (κ1) is 16.9. The van der Waals surface area contributed by atoms with Gasteiger partial charge < -0.3 is 9.84 Å². The molecule has 0 atom stereocenters. The number of thiazole rings is 1. The van der Waals surface area contributed by atoms with Crippen LogP contribution in [0.15, 0.2) is 59.1 Å². The Kier molecular flexibility index (Phi) is 4.39. The van der Waals surface area contributed by atoms with Crippen molar-refractivity contribution in [3.63, 3.8) is 0 Å². The Morgan fingerprint density at radius 2 is 1.85 bits per heavy atom. The van der Waals surface area contributed by atoms with Crippen LogP contribution in [0, 0.1) is 6.92 Å². The number of aryl methyl sites for hydroxylation is 1.